The van der Waals surface area contributed by atoms with Gasteiger partial charge in [-0.1, -0.05) is 36.3 Å². The van der Waals surface area contributed by atoms with E-state index in [9.17, 15) is 9.59 Å². The predicted molar refractivity (Wildman–Crippen MR) is 98.1 cm³/mol. The van der Waals surface area contributed by atoms with Crippen molar-refractivity contribution in [2.45, 2.75) is 19.4 Å². The van der Waals surface area contributed by atoms with E-state index in [1.807, 2.05) is 30.3 Å². The standard InChI is InChI=1S/C21H20O5/c1-6-21(2,3)26-16-13-12-15(14-10-8-7-9-11-14)17(19(22)24-4)18(16)20(23)25-5/h1,7-13H,2-5H3. The third-order valence-corrected chi connectivity index (χ3v) is 3.74. The highest BCUT2D eigenvalue weighted by Crippen LogP contribution is 2.35. The summed E-state index contributed by atoms with van der Waals surface area (Å²) in [4.78, 5) is 25.0. The minimum atomic E-state index is -0.982. The number of esters is 2. The topological polar surface area (TPSA) is 61.8 Å². The summed E-state index contributed by atoms with van der Waals surface area (Å²) in [6.07, 6.45) is 5.47. The van der Waals surface area contributed by atoms with Gasteiger partial charge in [-0.25, -0.2) is 9.59 Å². The molecule has 0 amide bonds. The van der Waals surface area contributed by atoms with E-state index in [0.29, 0.717) is 5.56 Å². The van der Waals surface area contributed by atoms with Crippen LogP contribution in [0.15, 0.2) is 42.5 Å². The second-order valence-corrected chi connectivity index (χ2v) is 5.97. The lowest BCUT2D eigenvalue weighted by Crippen LogP contribution is -2.27. The third kappa shape index (κ3) is 3.86. The minimum Gasteiger partial charge on any atom is -0.474 e. The Kier molecular flexibility index (Phi) is 5.68. The molecule has 0 aliphatic rings. The van der Waals surface area contributed by atoms with E-state index in [-0.39, 0.29) is 16.9 Å². The van der Waals surface area contributed by atoms with Gasteiger partial charge < -0.3 is 14.2 Å². The van der Waals surface area contributed by atoms with Crippen molar-refractivity contribution in [3.05, 3.63) is 53.6 Å². The molecule has 5 nitrogen and oxygen atoms in total. The van der Waals surface area contributed by atoms with Gasteiger partial charge in [0, 0.05) is 0 Å². The van der Waals surface area contributed by atoms with Gasteiger partial charge in [-0.15, -0.1) is 6.42 Å². The molecule has 0 bridgehead atoms. The Balaban J connectivity index is 2.80. The highest BCUT2D eigenvalue weighted by molar-refractivity contribution is 6.09. The van der Waals surface area contributed by atoms with E-state index in [1.165, 1.54) is 14.2 Å². The maximum atomic E-state index is 12.5. The zero-order chi connectivity index (χ0) is 19.3. The van der Waals surface area contributed by atoms with Crippen LogP contribution >= 0.6 is 0 Å². The van der Waals surface area contributed by atoms with Gasteiger partial charge in [0.25, 0.3) is 0 Å². The highest BCUT2D eigenvalue weighted by Gasteiger charge is 2.30. The van der Waals surface area contributed by atoms with E-state index in [0.717, 1.165) is 5.56 Å². The van der Waals surface area contributed by atoms with Gasteiger partial charge in [0.15, 0.2) is 5.60 Å². The van der Waals surface area contributed by atoms with Gasteiger partial charge in [0.1, 0.15) is 11.3 Å². The number of rotatable bonds is 5. The van der Waals surface area contributed by atoms with Crippen LogP contribution < -0.4 is 4.74 Å². The lowest BCUT2D eigenvalue weighted by atomic mass is 9.94. The number of hydrogen-bond donors (Lipinski definition) is 0. The van der Waals surface area contributed by atoms with Gasteiger partial charge in [-0.3, -0.25) is 0 Å². The summed E-state index contributed by atoms with van der Waals surface area (Å²) in [5.74, 6) is 1.26. The molecule has 0 heterocycles. The molecule has 0 unspecified atom stereocenters. The first-order valence-electron chi connectivity index (χ1n) is 7.90. The van der Waals surface area contributed by atoms with Crippen LogP contribution in [0.2, 0.25) is 0 Å². The van der Waals surface area contributed by atoms with Gasteiger partial charge in [0.05, 0.1) is 19.8 Å². The van der Waals surface area contributed by atoms with Crippen molar-refractivity contribution < 1.29 is 23.8 Å². The first-order chi connectivity index (χ1) is 12.3. The second-order valence-electron chi connectivity index (χ2n) is 5.97. The lowest BCUT2D eigenvalue weighted by Gasteiger charge is -2.23. The highest BCUT2D eigenvalue weighted by atomic mass is 16.5. The number of benzene rings is 2. The molecule has 0 saturated heterocycles. The van der Waals surface area contributed by atoms with Crippen molar-refractivity contribution in [3.63, 3.8) is 0 Å². The van der Waals surface area contributed by atoms with Crippen LogP contribution in [-0.2, 0) is 9.47 Å². The van der Waals surface area contributed by atoms with Crippen LogP contribution in [-0.4, -0.2) is 31.8 Å². The number of carbonyl (C=O) groups is 2. The fourth-order valence-corrected chi connectivity index (χ4v) is 2.45. The molecule has 0 aromatic heterocycles. The van der Waals surface area contributed by atoms with Gasteiger partial charge >= 0.3 is 11.9 Å². The quantitative estimate of drug-likeness (QED) is 0.606. The summed E-state index contributed by atoms with van der Waals surface area (Å²) in [6.45, 7) is 3.36. The third-order valence-electron chi connectivity index (χ3n) is 3.74. The summed E-state index contributed by atoms with van der Waals surface area (Å²) < 4.78 is 15.6. The Morgan fingerprint density at radius 3 is 2.04 bits per heavy atom. The molecule has 0 spiro atoms. The zero-order valence-corrected chi connectivity index (χ0v) is 15.2. The summed E-state index contributed by atoms with van der Waals surface area (Å²) in [5, 5.41) is 0. The average Bonchev–Trinajstić information content (AvgIpc) is 2.66. The zero-order valence-electron chi connectivity index (χ0n) is 15.2. The van der Waals surface area contributed by atoms with Crippen molar-refractivity contribution in [2.75, 3.05) is 14.2 Å². The summed E-state index contributed by atoms with van der Waals surface area (Å²) in [5.41, 5.74) is 0.342. The van der Waals surface area contributed by atoms with Gasteiger partial charge in [-0.05, 0) is 37.1 Å². The van der Waals surface area contributed by atoms with Crippen molar-refractivity contribution in [3.8, 4) is 29.2 Å². The molecule has 0 radical (unpaired) electrons. The van der Waals surface area contributed by atoms with Gasteiger partial charge in [0.2, 0.25) is 0 Å². The summed E-state index contributed by atoms with van der Waals surface area (Å²) >= 11 is 0. The van der Waals surface area contributed by atoms with E-state index < -0.39 is 17.5 Å². The molecule has 0 atom stereocenters. The largest absolute Gasteiger partial charge is 0.474 e. The first-order valence-corrected chi connectivity index (χ1v) is 7.90. The van der Waals surface area contributed by atoms with Crippen molar-refractivity contribution >= 4 is 11.9 Å². The second kappa shape index (κ2) is 7.75. The molecule has 0 aliphatic carbocycles. The fraction of sp³-hybridized carbons (Fsp3) is 0.238. The van der Waals surface area contributed by atoms with Crippen molar-refractivity contribution in [2.24, 2.45) is 0 Å². The van der Waals surface area contributed by atoms with Crippen LogP contribution in [0, 0.1) is 12.3 Å². The molecule has 0 saturated carbocycles. The molecule has 0 aliphatic heterocycles. The molecule has 134 valence electrons. The average molecular weight is 352 g/mol. The normalized spacial score (nSPS) is 10.6. The molecule has 0 fully saturated rings. The van der Waals surface area contributed by atoms with E-state index in [2.05, 4.69) is 5.92 Å². The Morgan fingerprint density at radius 2 is 1.50 bits per heavy atom. The maximum Gasteiger partial charge on any atom is 0.342 e. The van der Waals surface area contributed by atoms with Crippen LogP contribution in [0.5, 0.6) is 5.75 Å². The number of ether oxygens (including phenoxy) is 3. The molecule has 0 N–H and O–H groups in total. The van der Waals surface area contributed by atoms with Crippen molar-refractivity contribution in [1.82, 2.24) is 0 Å². The molecule has 5 heteroatoms. The number of terminal acetylenes is 1. The SMILES string of the molecule is C#CC(C)(C)Oc1ccc(-c2ccccc2)c(C(=O)OC)c1C(=O)OC. The number of methoxy groups -OCH3 is 2. The summed E-state index contributed by atoms with van der Waals surface area (Å²) in [7, 11) is 2.48. The molecule has 2 aromatic rings. The monoisotopic (exact) mass is 352 g/mol. The minimum absolute atomic E-state index is 0.0240. The van der Waals surface area contributed by atoms with E-state index >= 15 is 0 Å². The first kappa shape index (κ1) is 19.1. The Bertz CT molecular complexity index is 860. The van der Waals surface area contributed by atoms with E-state index in [1.54, 1.807) is 26.0 Å². The predicted octanol–water partition coefficient (Wildman–Crippen LogP) is 3.72. The molecular weight excluding hydrogens is 332 g/mol. The van der Waals surface area contributed by atoms with Gasteiger partial charge in [-0.2, -0.15) is 0 Å². The molecule has 26 heavy (non-hydrogen) atoms. The number of hydrogen-bond acceptors (Lipinski definition) is 5. The maximum absolute atomic E-state index is 12.5. The van der Waals surface area contributed by atoms with Crippen LogP contribution in [0.4, 0.5) is 0 Å². The molecule has 2 aromatic carbocycles. The molecule has 2 rings (SSSR count). The van der Waals surface area contributed by atoms with Crippen LogP contribution in [0.1, 0.15) is 34.6 Å². The Morgan fingerprint density at radius 1 is 0.923 bits per heavy atom. The Hall–Kier alpha value is -3.26. The van der Waals surface area contributed by atoms with Crippen LogP contribution in [0.3, 0.4) is 0 Å². The Labute approximate surface area is 152 Å². The fourth-order valence-electron chi connectivity index (χ4n) is 2.45. The van der Waals surface area contributed by atoms with Crippen molar-refractivity contribution in [1.29, 1.82) is 0 Å². The smallest absolute Gasteiger partial charge is 0.342 e. The summed E-state index contributed by atoms with van der Waals surface area (Å²) in [6, 6.07) is 12.5. The van der Waals surface area contributed by atoms with Crippen LogP contribution in [0.25, 0.3) is 11.1 Å². The van der Waals surface area contributed by atoms with E-state index in [4.69, 9.17) is 20.6 Å². The molecular formula is C21H20O5. The lowest BCUT2D eigenvalue weighted by molar-refractivity contribution is 0.0547. The number of carbonyl (C=O) groups excluding carboxylic acids is 2.